The van der Waals surface area contributed by atoms with Crippen LogP contribution < -0.4 is 15.8 Å². The highest BCUT2D eigenvalue weighted by Gasteiger charge is 2.36. The van der Waals surface area contributed by atoms with Gasteiger partial charge in [-0.3, -0.25) is 4.79 Å². The smallest absolute Gasteiger partial charge is 0.254 e. The van der Waals surface area contributed by atoms with Crippen LogP contribution in [0.15, 0.2) is 41.0 Å². The molecule has 1 amide bonds. The average molecular weight is 365 g/mol. The Bertz CT molecular complexity index is 708. The molecule has 1 saturated carbocycles. The minimum atomic E-state index is -0.118. The maximum atomic E-state index is 12.4. The minimum absolute atomic E-state index is 0. The van der Waals surface area contributed by atoms with E-state index >= 15 is 0 Å². The van der Waals surface area contributed by atoms with Crippen LogP contribution in [0.25, 0.3) is 0 Å². The molecule has 0 unspecified atom stereocenters. The van der Waals surface area contributed by atoms with Gasteiger partial charge in [0.05, 0.1) is 19.2 Å². The molecule has 1 heterocycles. The highest BCUT2D eigenvalue weighted by molar-refractivity contribution is 5.94. The van der Waals surface area contributed by atoms with Gasteiger partial charge in [0, 0.05) is 12.0 Å². The van der Waals surface area contributed by atoms with Gasteiger partial charge < -0.3 is 20.2 Å². The molecule has 1 aromatic carbocycles. The van der Waals surface area contributed by atoms with E-state index in [0.717, 1.165) is 18.6 Å². The van der Waals surface area contributed by atoms with E-state index in [1.807, 2.05) is 12.1 Å². The lowest BCUT2D eigenvalue weighted by Crippen LogP contribution is -2.39. The lowest BCUT2D eigenvalue weighted by Gasteiger charge is -2.30. The number of halogens is 1. The van der Waals surface area contributed by atoms with Crippen LogP contribution in [0.2, 0.25) is 0 Å². The number of hydrogen-bond donors (Lipinski definition) is 2. The summed E-state index contributed by atoms with van der Waals surface area (Å²) in [5, 5.41) is 3.07. The van der Waals surface area contributed by atoms with E-state index in [4.69, 9.17) is 14.9 Å². The number of rotatable bonds is 6. The van der Waals surface area contributed by atoms with E-state index in [9.17, 15) is 4.79 Å². The Labute approximate surface area is 154 Å². The Hall–Kier alpha value is -1.98. The van der Waals surface area contributed by atoms with Crippen molar-refractivity contribution in [2.75, 3.05) is 13.7 Å². The Morgan fingerprint density at radius 3 is 2.72 bits per heavy atom. The zero-order valence-electron chi connectivity index (χ0n) is 14.4. The van der Waals surface area contributed by atoms with E-state index < -0.39 is 0 Å². The van der Waals surface area contributed by atoms with Crippen LogP contribution in [0, 0.1) is 0 Å². The fourth-order valence-corrected chi connectivity index (χ4v) is 3.53. The monoisotopic (exact) mass is 364 g/mol. The molecule has 3 N–H and O–H groups in total. The van der Waals surface area contributed by atoms with Gasteiger partial charge in [-0.2, -0.15) is 0 Å². The quantitative estimate of drug-likeness (QED) is 0.823. The van der Waals surface area contributed by atoms with Crippen molar-refractivity contribution in [2.45, 2.75) is 37.6 Å². The van der Waals surface area contributed by atoms with Crippen molar-refractivity contribution in [1.82, 2.24) is 5.32 Å². The molecule has 6 heteroatoms. The van der Waals surface area contributed by atoms with Crippen molar-refractivity contribution in [3.05, 3.63) is 53.5 Å². The molecular formula is C19H25ClN2O3. The predicted octanol–water partition coefficient (Wildman–Crippen LogP) is 3.41. The van der Waals surface area contributed by atoms with Gasteiger partial charge in [-0.1, -0.05) is 25.0 Å². The second kappa shape index (κ2) is 8.41. The molecule has 3 rings (SSSR count). The Balaban J connectivity index is 0.00000225. The summed E-state index contributed by atoms with van der Waals surface area (Å²) in [7, 11) is 1.68. The molecule has 5 nitrogen and oxygen atoms in total. The number of nitrogens with two attached hydrogens (primary N) is 1. The van der Waals surface area contributed by atoms with E-state index in [0.29, 0.717) is 24.4 Å². The van der Waals surface area contributed by atoms with Gasteiger partial charge >= 0.3 is 0 Å². The summed E-state index contributed by atoms with van der Waals surface area (Å²) in [6.45, 7) is 0.906. The fourth-order valence-electron chi connectivity index (χ4n) is 3.53. The summed E-state index contributed by atoms with van der Waals surface area (Å²) < 4.78 is 10.6. The summed E-state index contributed by atoms with van der Waals surface area (Å²) >= 11 is 0. The summed E-state index contributed by atoms with van der Waals surface area (Å²) in [4.78, 5) is 12.4. The lowest BCUT2D eigenvalue weighted by atomic mass is 9.78. The van der Waals surface area contributed by atoms with Gasteiger partial charge in [0.2, 0.25) is 0 Å². The number of benzene rings is 1. The third-order valence-electron chi connectivity index (χ3n) is 4.95. The molecule has 2 aromatic rings. The summed E-state index contributed by atoms with van der Waals surface area (Å²) in [5.74, 6) is 1.35. The third kappa shape index (κ3) is 4.17. The molecule has 0 aliphatic heterocycles. The van der Waals surface area contributed by atoms with Gasteiger partial charge in [-0.05, 0) is 36.6 Å². The molecule has 1 aliphatic rings. The number of carbonyl (C=O) groups excluding carboxylic acids is 1. The molecule has 25 heavy (non-hydrogen) atoms. The zero-order valence-corrected chi connectivity index (χ0v) is 15.2. The Morgan fingerprint density at radius 1 is 1.32 bits per heavy atom. The molecule has 0 saturated heterocycles. The molecule has 136 valence electrons. The first-order chi connectivity index (χ1) is 11.7. The minimum Gasteiger partial charge on any atom is -0.497 e. The van der Waals surface area contributed by atoms with E-state index in [2.05, 4.69) is 17.4 Å². The first-order valence-corrected chi connectivity index (χ1v) is 8.37. The van der Waals surface area contributed by atoms with Crippen molar-refractivity contribution >= 4 is 18.3 Å². The second-order valence-corrected chi connectivity index (χ2v) is 6.41. The van der Waals surface area contributed by atoms with E-state index in [1.165, 1.54) is 24.7 Å². The van der Waals surface area contributed by atoms with Crippen LogP contribution >= 0.6 is 12.4 Å². The Kier molecular flexibility index (Phi) is 6.51. The van der Waals surface area contributed by atoms with Crippen LogP contribution in [-0.2, 0) is 12.0 Å². The number of ether oxygens (including phenoxy) is 1. The van der Waals surface area contributed by atoms with E-state index in [-0.39, 0.29) is 23.7 Å². The largest absolute Gasteiger partial charge is 0.497 e. The van der Waals surface area contributed by atoms with Crippen molar-refractivity contribution < 1.29 is 13.9 Å². The molecule has 1 fully saturated rings. The number of hydrogen-bond acceptors (Lipinski definition) is 4. The van der Waals surface area contributed by atoms with Crippen LogP contribution in [0.1, 0.15) is 47.4 Å². The number of furan rings is 1. The van der Waals surface area contributed by atoms with Gasteiger partial charge in [-0.25, -0.2) is 0 Å². The standard InChI is InChI=1S/C19H24N2O3.ClH/c1-23-16-6-4-5-15(10-16)19(7-2-3-8-19)13-21-18(22)14-9-17(11-20)24-12-14;/h4-6,9-10,12H,2-3,7-8,11,13,20H2,1H3,(H,21,22);1H. The summed E-state index contributed by atoms with van der Waals surface area (Å²) in [6.07, 6.45) is 5.95. The van der Waals surface area contributed by atoms with Crippen molar-refractivity contribution in [1.29, 1.82) is 0 Å². The molecule has 0 spiro atoms. The van der Waals surface area contributed by atoms with Gasteiger partial charge in [0.1, 0.15) is 17.8 Å². The zero-order chi connectivity index (χ0) is 17.0. The van der Waals surface area contributed by atoms with Crippen LogP contribution in [-0.4, -0.2) is 19.6 Å². The predicted molar refractivity (Wildman–Crippen MR) is 99.3 cm³/mol. The number of carbonyl (C=O) groups is 1. The number of amides is 1. The maximum absolute atomic E-state index is 12.4. The first kappa shape index (κ1) is 19.3. The number of nitrogens with one attached hydrogen (secondary N) is 1. The van der Waals surface area contributed by atoms with Crippen molar-refractivity contribution in [3.8, 4) is 5.75 Å². The van der Waals surface area contributed by atoms with Crippen molar-refractivity contribution in [2.24, 2.45) is 5.73 Å². The van der Waals surface area contributed by atoms with Crippen LogP contribution in [0.4, 0.5) is 0 Å². The molecular weight excluding hydrogens is 340 g/mol. The highest BCUT2D eigenvalue weighted by atomic mass is 35.5. The van der Waals surface area contributed by atoms with Gasteiger partial charge in [0.15, 0.2) is 0 Å². The maximum Gasteiger partial charge on any atom is 0.254 e. The molecule has 0 atom stereocenters. The lowest BCUT2D eigenvalue weighted by molar-refractivity contribution is 0.0942. The van der Waals surface area contributed by atoms with Gasteiger partial charge in [-0.15, -0.1) is 12.4 Å². The average Bonchev–Trinajstić information content (AvgIpc) is 3.30. The van der Waals surface area contributed by atoms with Crippen molar-refractivity contribution in [3.63, 3.8) is 0 Å². The normalized spacial score (nSPS) is 15.4. The van der Waals surface area contributed by atoms with Crippen LogP contribution in [0.5, 0.6) is 5.75 Å². The Morgan fingerprint density at radius 2 is 2.08 bits per heavy atom. The fraction of sp³-hybridized carbons (Fsp3) is 0.421. The third-order valence-corrected chi connectivity index (χ3v) is 4.95. The SMILES string of the molecule is COc1cccc(C2(CNC(=O)c3coc(CN)c3)CCCC2)c1.Cl. The highest BCUT2D eigenvalue weighted by Crippen LogP contribution is 2.41. The molecule has 1 aliphatic carbocycles. The van der Waals surface area contributed by atoms with Gasteiger partial charge in [0.25, 0.3) is 5.91 Å². The molecule has 1 aromatic heterocycles. The molecule has 0 bridgehead atoms. The van der Waals surface area contributed by atoms with Crippen LogP contribution in [0.3, 0.4) is 0 Å². The number of methoxy groups -OCH3 is 1. The second-order valence-electron chi connectivity index (χ2n) is 6.41. The first-order valence-electron chi connectivity index (χ1n) is 8.37. The summed E-state index contributed by atoms with van der Waals surface area (Å²) in [5.41, 5.74) is 7.25. The summed E-state index contributed by atoms with van der Waals surface area (Å²) in [6, 6.07) is 9.87. The van der Waals surface area contributed by atoms with E-state index in [1.54, 1.807) is 13.2 Å². The topological polar surface area (TPSA) is 77.5 Å². The molecule has 0 radical (unpaired) electrons.